The van der Waals surface area contributed by atoms with E-state index < -0.39 is 52.7 Å². The Kier molecular flexibility index (Phi) is 14.0. The molecule has 0 aliphatic heterocycles. The number of carbonyl (C=O) groups excluding carboxylic acids is 2. The number of hydrogen-bond acceptors (Lipinski definition) is 15. The summed E-state index contributed by atoms with van der Waals surface area (Å²) in [5, 5.41) is 33.8. The molecule has 1 unspecified atom stereocenters. The molecule has 0 saturated heterocycles. The van der Waals surface area contributed by atoms with Crippen molar-refractivity contribution in [1.29, 1.82) is 0 Å². The Bertz CT molecular complexity index is 1920. The Hall–Kier alpha value is -6.14. The van der Waals surface area contributed by atoms with Crippen molar-refractivity contribution in [2.24, 2.45) is 11.3 Å². The van der Waals surface area contributed by atoms with Crippen molar-refractivity contribution in [3.8, 4) is 22.5 Å². The molecule has 4 rings (SSSR count). The van der Waals surface area contributed by atoms with Crippen molar-refractivity contribution in [3.05, 3.63) is 96.5 Å². The van der Waals surface area contributed by atoms with Gasteiger partial charge >= 0.3 is 11.8 Å². The SMILES string of the molecule is CCCCC(=O)N(Cc1ccc(-c2ccccc2-c2nn[nH]n2)cc1)[C@H](C(=O)OCc1oc(=O)oc1CC(C)(C)CC(CO[N+](=O)[O-])O[N+](=O)[O-])C(C)C. The van der Waals surface area contributed by atoms with Gasteiger partial charge in [0, 0.05) is 24.9 Å². The quantitative estimate of drug-likeness (QED) is 0.0659. The van der Waals surface area contributed by atoms with Gasteiger partial charge in [-0.2, -0.15) is 5.21 Å². The van der Waals surface area contributed by atoms with Gasteiger partial charge in [-0.3, -0.25) is 4.79 Å². The number of esters is 1. The first kappa shape index (κ1) is 40.6. The van der Waals surface area contributed by atoms with Crippen LogP contribution in [0.2, 0.25) is 0 Å². The highest BCUT2D eigenvalue weighted by molar-refractivity contribution is 5.85. The number of amides is 1. The minimum atomic E-state index is -1.31. The van der Waals surface area contributed by atoms with Crippen LogP contribution in [0.15, 0.2) is 62.2 Å². The minimum absolute atomic E-state index is 0.00539. The molecule has 1 N–H and O–H groups in total. The predicted octanol–water partition coefficient (Wildman–Crippen LogP) is 5.11. The Labute approximate surface area is 309 Å². The van der Waals surface area contributed by atoms with E-state index in [4.69, 9.17) is 13.6 Å². The van der Waals surface area contributed by atoms with E-state index in [0.29, 0.717) is 12.2 Å². The van der Waals surface area contributed by atoms with Crippen LogP contribution in [-0.4, -0.2) is 66.3 Å². The van der Waals surface area contributed by atoms with E-state index in [1.54, 1.807) is 27.7 Å². The maximum Gasteiger partial charge on any atom is 0.519 e. The largest absolute Gasteiger partial charge is 0.519 e. The number of unbranched alkanes of at least 4 members (excludes halogenated alkanes) is 1. The molecule has 2 heterocycles. The average molecular weight is 754 g/mol. The lowest BCUT2D eigenvalue weighted by Crippen LogP contribution is -2.48. The van der Waals surface area contributed by atoms with Gasteiger partial charge in [0.05, 0.1) is 0 Å². The summed E-state index contributed by atoms with van der Waals surface area (Å²) in [6, 6.07) is 14.2. The van der Waals surface area contributed by atoms with E-state index in [2.05, 4.69) is 30.3 Å². The first-order valence-electron chi connectivity index (χ1n) is 17.3. The normalized spacial score (nSPS) is 12.6. The van der Waals surface area contributed by atoms with Crippen molar-refractivity contribution in [1.82, 2.24) is 25.5 Å². The lowest BCUT2D eigenvalue weighted by molar-refractivity contribution is -0.790. The maximum atomic E-state index is 13.8. The van der Waals surface area contributed by atoms with Crippen LogP contribution in [0, 0.1) is 31.6 Å². The fourth-order valence-electron chi connectivity index (χ4n) is 6.08. The zero-order valence-electron chi connectivity index (χ0n) is 30.6. The number of hydrogen-bond donors (Lipinski definition) is 1. The third-order valence-electron chi connectivity index (χ3n) is 8.49. The molecule has 0 spiro atoms. The smallest absolute Gasteiger partial charge is 0.456 e. The van der Waals surface area contributed by atoms with Crippen molar-refractivity contribution in [2.45, 2.75) is 92.0 Å². The van der Waals surface area contributed by atoms with Gasteiger partial charge in [0.2, 0.25) is 11.7 Å². The number of carbonyl (C=O) groups is 2. The molecule has 2 aromatic carbocycles. The molecule has 19 heteroatoms. The molecular formula is C35H43N7O12. The van der Waals surface area contributed by atoms with Crippen LogP contribution >= 0.6 is 0 Å². The number of benzene rings is 2. The Morgan fingerprint density at radius 3 is 2.30 bits per heavy atom. The number of H-pyrrole nitrogens is 1. The molecule has 2 atom stereocenters. The van der Waals surface area contributed by atoms with Crippen molar-refractivity contribution >= 4 is 11.9 Å². The zero-order chi connectivity index (χ0) is 39.4. The van der Waals surface area contributed by atoms with E-state index in [1.165, 1.54) is 4.90 Å². The molecule has 54 heavy (non-hydrogen) atoms. The van der Waals surface area contributed by atoms with Gasteiger partial charge < -0.3 is 28.1 Å². The lowest BCUT2D eigenvalue weighted by atomic mass is 9.82. The van der Waals surface area contributed by atoms with E-state index in [9.17, 15) is 34.6 Å². The summed E-state index contributed by atoms with van der Waals surface area (Å²) >= 11 is 0. The third kappa shape index (κ3) is 11.4. The van der Waals surface area contributed by atoms with E-state index in [-0.39, 0.29) is 49.2 Å². The summed E-state index contributed by atoms with van der Waals surface area (Å²) < 4.78 is 16.1. The van der Waals surface area contributed by atoms with Gasteiger partial charge in [0.25, 0.3) is 10.2 Å². The number of aromatic amines is 1. The summed E-state index contributed by atoms with van der Waals surface area (Å²) in [5.74, 6) is -2.05. The van der Waals surface area contributed by atoms with Crippen LogP contribution in [0.25, 0.3) is 22.5 Å². The summed E-state index contributed by atoms with van der Waals surface area (Å²) in [6.07, 6.45) is 0.121. The molecule has 290 valence electrons. The van der Waals surface area contributed by atoms with E-state index >= 15 is 0 Å². The Balaban J connectivity index is 1.51. The predicted molar refractivity (Wildman–Crippen MR) is 188 cm³/mol. The molecule has 1 amide bonds. The molecular weight excluding hydrogens is 710 g/mol. The Morgan fingerprint density at radius 1 is 1.00 bits per heavy atom. The first-order valence-corrected chi connectivity index (χ1v) is 17.3. The molecule has 0 aliphatic rings. The molecule has 0 bridgehead atoms. The Morgan fingerprint density at radius 2 is 1.69 bits per heavy atom. The molecule has 0 aliphatic carbocycles. The number of tetrazole rings is 1. The first-order chi connectivity index (χ1) is 25.7. The molecule has 0 radical (unpaired) electrons. The molecule has 19 nitrogen and oxygen atoms in total. The van der Waals surface area contributed by atoms with Gasteiger partial charge in [-0.1, -0.05) is 89.6 Å². The molecule has 0 saturated carbocycles. The highest BCUT2D eigenvalue weighted by atomic mass is 17.0. The summed E-state index contributed by atoms with van der Waals surface area (Å²) in [4.78, 5) is 71.6. The van der Waals surface area contributed by atoms with Gasteiger partial charge in [-0.05, 0) is 46.1 Å². The van der Waals surface area contributed by atoms with Crippen LogP contribution < -0.4 is 5.82 Å². The van der Waals surface area contributed by atoms with Crippen LogP contribution in [0.3, 0.4) is 0 Å². The monoisotopic (exact) mass is 753 g/mol. The van der Waals surface area contributed by atoms with Crippen molar-refractivity contribution in [2.75, 3.05) is 6.61 Å². The molecule has 0 fully saturated rings. The number of ether oxygens (including phenoxy) is 1. The van der Waals surface area contributed by atoms with E-state index in [1.807, 2.05) is 55.5 Å². The van der Waals surface area contributed by atoms with E-state index in [0.717, 1.165) is 28.7 Å². The fraction of sp³-hybridized carbons (Fsp3) is 0.486. The second kappa shape index (κ2) is 18.6. The van der Waals surface area contributed by atoms with Crippen LogP contribution in [0.5, 0.6) is 0 Å². The third-order valence-corrected chi connectivity index (χ3v) is 8.49. The zero-order valence-corrected chi connectivity index (χ0v) is 30.6. The highest BCUT2D eigenvalue weighted by Crippen LogP contribution is 2.32. The van der Waals surface area contributed by atoms with Crippen molar-refractivity contribution < 1.29 is 43.0 Å². The average Bonchev–Trinajstić information content (AvgIpc) is 3.77. The fourth-order valence-corrected chi connectivity index (χ4v) is 6.08. The van der Waals surface area contributed by atoms with Crippen LogP contribution in [0.4, 0.5) is 0 Å². The van der Waals surface area contributed by atoms with Gasteiger partial charge in [-0.15, -0.1) is 30.4 Å². The summed E-state index contributed by atoms with van der Waals surface area (Å²) in [6.45, 7) is 7.76. The summed E-state index contributed by atoms with van der Waals surface area (Å²) in [5.41, 5.74) is 2.41. The summed E-state index contributed by atoms with van der Waals surface area (Å²) in [7, 11) is 0. The standard InChI is InChI=1S/C35H43N7O12/c1-6-7-12-30(43)40(19-23-13-15-24(16-14-23)26-10-8-9-11-27(26)32-36-38-39-37-32)31(22(2)3)33(44)50-21-29-28(52-34(45)53-29)18-35(4,5)17-25(54-42(48)49)20-51-41(46)47/h8-11,13-16,22,25,31H,6-7,12,17-21H2,1-5H3,(H,36,37,38,39)/t25?,31-/m0/s1. The van der Waals surface area contributed by atoms with Gasteiger partial charge in [-0.25, -0.2) is 9.59 Å². The van der Waals surface area contributed by atoms with Crippen molar-refractivity contribution in [3.63, 3.8) is 0 Å². The van der Waals surface area contributed by atoms with Crippen LogP contribution in [-0.2, 0) is 43.6 Å². The maximum absolute atomic E-state index is 13.8. The van der Waals surface area contributed by atoms with Crippen LogP contribution in [0.1, 0.15) is 77.4 Å². The molecule has 4 aromatic rings. The topological polar surface area (TPSA) is 249 Å². The number of aromatic nitrogens is 4. The number of nitrogens with one attached hydrogen (secondary N) is 1. The van der Waals surface area contributed by atoms with Gasteiger partial charge in [0.15, 0.2) is 18.1 Å². The lowest BCUT2D eigenvalue weighted by Gasteiger charge is -2.33. The van der Waals surface area contributed by atoms with Gasteiger partial charge in [0.1, 0.15) is 18.8 Å². The number of rotatable bonds is 21. The second-order valence-electron chi connectivity index (χ2n) is 13.7. The second-order valence-corrected chi connectivity index (χ2v) is 13.7. The highest BCUT2D eigenvalue weighted by Gasteiger charge is 2.35. The molecule has 2 aromatic heterocycles. The number of nitrogens with zero attached hydrogens (tertiary/aromatic N) is 6. The minimum Gasteiger partial charge on any atom is -0.456 e.